The van der Waals surface area contributed by atoms with Gasteiger partial charge in [0.2, 0.25) is 5.91 Å². The van der Waals surface area contributed by atoms with E-state index in [0.717, 1.165) is 18.4 Å². The van der Waals surface area contributed by atoms with E-state index in [4.69, 9.17) is 11.6 Å². The molecule has 1 fully saturated rings. The molecule has 20 heavy (non-hydrogen) atoms. The maximum absolute atomic E-state index is 12.2. The Hall–Kier alpha value is -0.870. The molecule has 0 saturated heterocycles. The molecule has 3 nitrogen and oxygen atoms in total. The van der Waals surface area contributed by atoms with Gasteiger partial charge in [-0.05, 0) is 37.5 Å². The molecule has 2 atom stereocenters. The van der Waals surface area contributed by atoms with Crippen LogP contribution in [-0.2, 0) is 21.3 Å². The Labute approximate surface area is 127 Å². The van der Waals surface area contributed by atoms with E-state index in [-0.39, 0.29) is 11.9 Å². The lowest BCUT2D eigenvalue weighted by Gasteiger charge is -2.16. The van der Waals surface area contributed by atoms with Crippen LogP contribution in [0, 0.1) is 0 Å². The first-order valence-corrected chi connectivity index (χ1v) is 8.74. The van der Waals surface area contributed by atoms with Crippen molar-refractivity contribution in [2.75, 3.05) is 0 Å². The molecule has 110 valence electrons. The van der Waals surface area contributed by atoms with Crippen molar-refractivity contribution in [1.29, 1.82) is 0 Å². The summed E-state index contributed by atoms with van der Waals surface area (Å²) in [5, 5.41) is 3.18. The standard InChI is InChI=1S/C15H20ClNO2S/c1-11(15(18)17-14-4-2-3-5-14)20(19)10-12-6-8-13(16)9-7-12/h6-9,11,14H,2-5,10H2,1H3,(H,17,18). The number of amides is 1. The SMILES string of the molecule is CC(C(=O)NC1CCCC1)S(=O)Cc1ccc(Cl)cc1. The second-order valence-corrected chi connectivity index (χ2v) is 7.48. The van der Waals surface area contributed by atoms with Crippen molar-refractivity contribution in [2.45, 2.75) is 49.7 Å². The largest absolute Gasteiger partial charge is 0.352 e. The molecule has 1 aliphatic rings. The van der Waals surface area contributed by atoms with Crippen molar-refractivity contribution in [3.05, 3.63) is 34.9 Å². The van der Waals surface area contributed by atoms with Crippen LogP contribution in [0.25, 0.3) is 0 Å². The van der Waals surface area contributed by atoms with E-state index in [2.05, 4.69) is 5.32 Å². The lowest BCUT2D eigenvalue weighted by Crippen LogP contribution is -2.40. The fourth-order valence-corrected chi connectivity index (χ4v) is 3.58. The van der Waals surface area contributed by atoms with Gasteiger partial charge in [0, 0.05) is 27.6 Å². The fourth-order valence-electron chi connectivity index (χ4n) is 2.38. The summed E-state index contributed by atoms with van der Waals surface area (Å²) in [6, 6.07) is 7.52. The van der Waals surface area contributed by atoms with Crippen LogP contribution in [0.4, 0.5) is 0 Å². The minimum Gasteiger partial charge on any atom is -0.352 e. The number of benzene rings is 1. The predicted molar refractivity (Wildman–Crippen MR) is 83.2 cm³/mol. The minimum absolute atomic E-state index is 0.0933. The Kier molecular flexibility index (Phi) is 5.61. The van der Waals surface area contributed by atoms with Crippen molar-refractivity contribution in [2.24, 2.45) is 0 Å². The highest BCUT2D eigenvalue weighted by atomic mass is 35.5. The predicted octanol–water partition coefficient (Wildman–Crippen LogP) is 3.04. The molecule has 2 rings (SSSR count). The molecule has 0 bridgehead atoms. The van der Waals surface area contributed by atoms with E-state index in [9.17, 15) is 9.00 Å². The van der Waals surface area contributed by atoms with Crippen molar-refractivity contribution in [3.63, 3.8) is 0 Å². The average molecular weight is 314 g/mol. The zero-order chi connectivity index (χ0) is 14.5. The molecule has 1 aromatic rings. The van der Waals surface area contributed by atoms with Crippen LogP contribution in [0.1, 0.15) is 38.2 Å². The lowest BCUT2D eigenvalue weighted by molar-refractivity contribution is -0.121. The van der Waals surface area contributed by atoms with E-state index >= 15 is 0 Å². The van der Waals surface area contributed by atoms with E-state index in [1.165, 1.54) is 12.8 Å². The van der Waals surface area contributed by atoms with Gasteiger partial charge in [0.15, 0.2) is 0 Å². The van der Waals surface area contributed by atoms with Crippen LogP contribution < -0.4 is 5.32 Å². The zero-order valence-corrected chi connectivity index (χ0v) is 13.2. The molecule has 0 spiro atoms. The van der Waals surface area contributed by atoms with Gasteiger partial charge in [-0.2, -0.15) is 0 Å². The normalized spacial score (nSPS) is 18.7. The van der Waals surface area contributed by atoms with Gasteiger partial charge < -0.3 is 5.32 Å². The van der Waals surface area contributed by atoms with Gasteiger partial charge in [-0.1, -0.05) is 36.6 Å². The molecule has 2 unspecified atom stereocenters. The average Bonchev–Trinajstić information content (AvgIpc) is 2.93. The molecule has 1 aliphatic carbocycles. The number of hydrogen-bond donors (Lipinski definition) is 1. The van der Waals surface area contributed by atoms with Gasteiger partial charge in [-0.3, -0.25) is 9.00 Å². The summed E-state index contributed by atoms with van der Waals surface area (Å²) in [7, 11) is -1.21. The maximum atomic E-state index is 12.2. The van der Waals surface area contributed by atoms with Crippen LogP contribution in [-0.4, -0.2) is 21.4 Å². The smallest absolute Gasteiger partial charge is 0.235 e. The highest BCUT2D eigenvalue weighted by molar-refractivity contribution is 7.85. The lowest BCUT2D eigenvalue weighted by atomic mass is 10.2. The van der Waals surface area contributed by atoms with Gasteiger partial charge in [0.05, 0.1) is 0 Å². The quantitative estimate of drug-likeness (QED) is 0.908. The van der Waals surface area contributed by atoms with Gasteiger partial charge in [0.1, 0.15) is 5.25 Å². The van der Waals surface area contributed by atoms with Crippen LogP contribution >= 0.6 is 11.6 Å². The highest BCUT2D eigenvalue weighted by Gasteiger charge is 2.24. The summed E-state index contributed by atoms with van der Waals surface area (Å²) in [5.41, 5.74) is 0.938. The summed E-state index contributed by atoms with van der Waals surface area (Å²) >= 11 is 5.82. The first-order valence-electron chi connectivity index (χ1n) is 6.98. The van der Waals surface area contributed by atoms with Crippen molar-refractivity contribution in [1.82, 2.24) is 5.32 Å². The highest BCUT2D eigenvalue weighted by Crippen LogP contribution is 2.18. The van der Waals surface area contributed by atoms with Gasteiger partial charge >= 0.3 is 0 Å². The summed E-state index contributed by atoms with van der Waals surface area (Å²) in [5.74, 6) is 0.292. The minimum atomic E-state index is -1.21. The fraction of sp³-hybridized carbons (Fsp3) is 0.533. The van der Waals surface area contributed by atoms with Crippen LogP contribution in [0.2, 0.25) is 5.02 Å². The number of hydrogen-bond acceptors (Lipinski definition) is 2. The summed E-state index contributed by atoms with van der Waals surface area (Å²) in [6.07, 6.45) is 4.44. The monoisotopic (exact) mass is 313 g/mol. The molecule has 0 aromatic heterocycles. The third-order valence-electron chi connectivity index (χ3n) is 3.69. The number of carbonyl (C=O) groups excluding carboxylic acids is 1. The second-order valence-electron chi connectivity index (χ2n) is 5.28. The third-order valence-corrected chi connectivity index (χ3v) is 5.56. The third kappa shape index (κ3) is 4.32. The molecule has 0 radical (unpaired) electrons. The van der Waals surface area contributed by atoms with Crippen molar-refractivity contribution < 1.29 is 9.00 Å². The molecule has 1 saturated carbocycles. The van der Waals surface area contributed by atoms with Gasteiger partial charge in [-0.25, -0.2) is 0 Å². The Morgan fingerprint density at radius 2 is 1.95 bits per heavy atom. The first-order chi connectivity index (χ1) is 9.56. The van der Waals surface area contributed by atoms with Crippen molar-refractivity contribution in [3.8, 4) is 0 Å². The Bertz CT molecular complexity index is 483. The number of carbonyl (C=O) groups is 1. The maximum Gasteiger partial charge on any atom is 0.235 e. The van der Waals surface area contributed by atoms with Crippen molar-refractivity contribution >= 4 is 28.3 Å². The Morgan fingerprint density at radius 1 is 1.35 bits per heavy atom. The Morgan fingerprint density at radius 3 is 2.55 bits per heavy atom. The zero-order valence-electron chi connectivity index (χ0n) is 11.6. The van der Waals surface area contributed by atoms with Crippen LogP contribution in [0.5, 0.6) is 0 Å². The summed E-state index contributed by atoms with van der Waals surface area (Å²) in [4.78, 5) is 12.1. The number of rotatable bonds is 5. The number of halogens is 1. The topological polar surface area (TPSA) is 46.2 Å². The van der Waals surface area contributed by atoms with E-state index in [1.807, 2.05) is 12.1 Å². The van der Waals surface area contributed by atoms with Gasteiger partial charge in [0.25, 0.3) is 0 Å². The molecular weight excluding hydrogens is 294 g/mol. The molecule has 1 N–H and O–H groups in total. The molecule has 0 heterocycles. The van der Waals surface area contributed by atoms with Crippen LogP contribution in [0.15, 0.2) is 24.3 Å². The van der Waals surface area contributed by atoms with E-state index < -0.39 is 16.0 Å². The van der Waals surface area contributed by atoms with E-state index in [1.54, 1.807) is 19.1 Å². The first kappa shape index (κ1) is 15.5. The summed E-state index contributed by atoms with van der Waals surface area (Å²) in [6.45, 7) is 1.73. The molecular formula is C15H20ClNO2S. The molecule has 1 amide bonds. The van der Waals surface area contributed by atoms with E-state index in [0.29, 0.717) is 10.8 Å². The second kappa shape index (κ2) is 7.23. The number of nitrogens with one attached hydrogen (secondary N) is 1. The molecule has 0 aliphatic heterocycles. The summed E-state index contributed by atoms with van der Waals surface area (Å²) < 4.78 is 12.2. The van der Waals surface area contributed by atoms with Gasteiger partial charge in [-0.15, -0.1) is 0 Å². The molecule has 5 heteroatoms. The van der Waals surface area contributed by atoms with Crippen LogP contribution in [0.3, 0.4) is 0 Å². The Balaban J connectivity index is 1.87. The molecule has 1 aromatic carbocycles.